The van der Waals surface area contributed by atoms with Crippen molar-refractivity contribution >= 4 is 27.2 Å². The van der Waals surface area contributed by atoms with Crippen LogP contribution in [0.15, 0.2) is 24.3 Å². The lowest BCUT2D eigenvalue weighted by Gasteiger charge is -2.14. The second-order valence-electron chi connectivity index (χ2n) is 4.20. The van der Waals surface area contributed by atoms with E-state index >= 15 is 0 Å². The zero-order valence-electron chi connectivity index (χ0n) is 10.3. The van der Waals surface area contributed by atoms with Gasteiger partial charge in [0.15, 0.2) is 0 Å². The summed E-state index contributed by atoms with van der Waals surface area (Å²) in [7, 11) is -3.00. The predicted molar refractivity (Wildman–Crippen MR) is 72.4 cm³/mol. The fourth-order valence-corrected chi connectivity index (χ4v) is 2.56. The Labute approximate surface area is 106 Å². The molecule has 0 aliphatic carbocycles. The van der Waals surface area contributed by atoms with Gasteiger partial charge in [0.2, 0.25) is 0 Å². The number of nitrogens with one attached hydrogen (secondary N) is 2. The molecule has 1 rings (SSSR count). The van der Waals surface area contributed by atoms with E-state index in [1.807, 2.05) is 0 Å². The highest BCUT2D eigenvalue weighted by molar-refractivity contribution is 7.90. The average molecular weight is 271 g/mol. The molecule has 0 aromatic heterocycles. The van der Waals surface area contributed by atoms with Gasteiger partial charge in [0.05, 0.1) is 5.75 Å². The number of rotatable bonds is 5. The van der Waals surface area contributed by atoms with Gasteiger partial charge in [-0.15, -0.1) is 0 Å². The number of anilines is 2. The molecule has 1 atom stereocenters. The molecule has 7 heteroatoms. The van der Waals surface area contributed by atoms with Crippen LogP contribution >= 0.6 is 0 Å². The van der Waals surface area contributed by atoms with Gasteiger partial charge in [-0.1, -0.05) is 0 Å². The normalized spacial score (nSPS) is 12.8. The first-order chi connectivity index (χ1) is 8.26. The van der Waals surface area contributed by atoms with Crippen molar-refractivity contribution in [3.05, 3.63) is 24.3 Å². The van der Waals surface area contributed by atoms with Crippen LogP contribution in [0.1, 0.15) is 6.92 Å². The van der Waals surface area contributed by atoms with Gasteiger partial charge in [-0.05, 0) is 31.2 Å². The topological polar surface area (TPSA) is 101 Å². The van der Waals surface area contributed by atoms with Crippen molar-refractivity contribution in [3.63, 3.8) is 0 Å². The third-order valence-corrected chi connectivity index (χ3v) is 3.22. The standard InChI is InChI=1S/C11H17N3O3S/c1-8(7-18(2,16)17)13-9-3-5-10(6-4-9)14-11(12)15/h3-6,8,13H,7H2,1-2H3,(H3,12,14,15). The van der Waals surface area contributed by atoms with Gasteiger partial charge in [-0.25, -0.2) is 13.2 Å². The van der Waals surface area contributed by atoms with Crippen molar-refractivity contribution in [1.29, 1.82) is 0 Å². The van der Waals surface area contributed by atoms with Crippen LogP contribution in [-0.2, 0) is 9.84 Å². The number of hydrogen-bond acceptors (Lipinski definition) is 4. The average Bonchev–Trinajstić information content (AvgIpc) is 2.17. The monoisotopic (exact) mass is 271 g/mol. The molecule has 0 spiro atoms. The van der Waals surface area contributed by atoms with Gasteiger partial charge in [-0.3, -0.25) is 0 Å². The Morgan fingerprint density at radius 1 is 1.28 bits per heavy atom. The van der Waals surface area contributed by atoms with Crippen molar-refractivity contribution in [2.45, 2.75) is 13.0 Å². The van der Waals surface area contributed by atoms with Crippen LogP contribution in [-0.4, -0.2) is 32.5 Å². The minimum absolute atomic E-state index is 0.0638. The van der Waals surface area contributed by atoms with Gasteiger partial charge in [-0.2, -0.15) is 0 Å². The van der Waals surface area contributed by atoms with Crippen molar-refractivity contribution in [3.8, 4) is 0 Å². The van der Waals surface area contributed by atoms with Crippen LogP contribution in [0.3, 0.4) is 0 Å². The first-order valence-corrected chi connectivity index (χ1v) is 7.43. The summed E-state index contributed by atoms with van der Waals surface area (Å²) in [5, 5.41) is 5.49. The number of benzene rings is 1. The number of hydrogen-bond donors (Lipinski definition) is 3. The first-order valence-electron chi connectivity index (χ1n) is 5.37. The van der Waals surface area contributed by atoms with Gasteiger partial charge < -0.3 is 16.4 Å². The molecule has 2 amide bonds. The zero-order valence-corrected chi connectivity index (χ0v) is 11.1. The lowest BCUT2D eigenvalue weighted by molar-refractivity contribution is 0.259. The van der Waals surface area contributed by atoms with E-state index < -0.39 is 15.9 Å². The Bertz CT molecular complexity index is 511. The molecule has 100 valence electrons. The predicted octanol–water partition coefficient (Wildman–Crippen LogP) is 1.02. The smallest absolute Gasteiger partial charge is 0.316 e. The highest BCUT2D eigenvalue weighted by Gasteiger charge is 2.10. The second kappa shape index (κ2) is 5.72. The highest BCUT2D eigenvalue weighted by Crippen LogP contribution is 2.14. The number of carbonyl (C=O) groups is 1. The number of urea groups is 1. The Balaban J connectivity index is 2.61. The van der Waals surface area contributed by atoms with Crippen molar-refractivity contribution < 1.29 is 13.2 Å². The largest absolute Gasteiger partial charge is 0.382 e. The van der Waals surface area contributed by atoms with Gasteiger partial charge in [0, 0.05) is 23.7 Å². The van der Waals surface area contributed by atoms with Crippen molar-refractivity contribution in [2.24, 2.45) is 5.73 Å². The molecule has 6 nitrogen and oxygen atoms in total. The fraction of sp³-hybridized carbons (Fsp3) is 0.364. The molecule has 1 aromatic carbocycles. The Kier molecular flexibility index (Phi) is 4.55. The van der Waals surface area contributed by atoms with E-state index in [4.69, 9.17) is 5.73 Å². The Morgan fingerprint density at radius 3 is 2.22 bits per heavy atom. The number of carbonyl (C=O) groups excluding carboxylic acids is 1. The summed E-state index contributed by atoms with van der Waals surface area (Å²) in [6.07, 6.45) is 1.20. The molecular formula is C11H17N3O3S. The van der Waals surface area contributed by atoms with Crippen LogP contribution < -0.4 is 16.4 Å². The van der Waals surface area contributed by atoms with Crippen LogP contribution in [0.2, 0.25) is 0 Å². The van der Waals surface area contributed by atoms with E-state index in [2.05, 4.69) is 10.6 Å². The highest BCUT2D eigenvalue weighted by atomic mass is 32.2. The lowest BCUT2D eigenvalue weighted by Crippen LogP contribution is -2.25. The van der Waals surface area contributed by atoms with E-state index in [0.717, 1.165) is 5.69 Å². The van der Waals surface area contributed by atoms with Crippen LogP contribution in [0.5, 0.6) is 0 Å². The van der Waals surface area contributed by atoms with Gasteiger partial charge >= 0.3 is 6.03 Å². The molecule has 0 heterocycles. The van der Waals surface area contributed by atoms with Crippen molar-refractivity contribution in [2.75, 3.05) is 22.6 Å². The van der Waals surface area contributed by atoms with Crippen molar-refractivity contribution in [1.82, 2.24) is 0 Å². The van der Waals surface area contributed by atoms with E-state index in [-0.39, 0.29) is 11.8 Å². The summed E-state index contributed by atoms with van der Waals surface area (Å²) >= 11 is 0. The summed E-state index contributed by atoms with van der Waals surface area (Å²) in [5.74, 6) is 0.0638. The van der Waals surface area contributed by atoms with Crippen LogP contribution in [0.25, 0.3) is 0 Å². The summed E-state index contributed by atoms with van der Waals surface area (Å²) < 4.78 is 22.2. The number of nitrogens with two attached hydrogens (primary N) is 1. The molecule has 0 bridgehead atoms. The molecule has 1 aromatic rings. The number of sulfone groups is 1. The summed E-state index contributed by atoms with van der Waals surface area (Å²) in [4.78, 5) is 10.6. The second-order valence-corrected chi connectivity index (χ2v) is 6.39. The van der Waals surface area contributed by atoms with Crippen LogP contribution in [0.4, 0.5) is 16.2 Å². The van der Waals surface area contributed by atoms with E-state index in [1.165, 1.54) is 6.26 Å². The fourth-order valence-electron chi connectivity index (χ4n) is 1.57. The number of amides is 2. The molecule has 4 N–H and O–H groups in total. The molecule has 0 aliphatic heterocycles. The van der Waals surface area contributed by atoms with Crippen LogP contribution in [0, 0.1) is 0 Å². The maximum atomic E-state index is 11.1. The molecule has 0 fully saturated rings. The summed E-state index contributed by atoms with van der Waals surface area (Å²) in [5.41, 5.74) is 6.35. The molecule has 0 radical (unpaired) electrons. The molecule has 0 saturated carbocycles. The third kappa shape index (κ3) is 5.53. The minimum atomic E-state index is -3.00. The zero-order chi connectivity index (χ0) is 13.8. The maximum Gasteiger partial charge on any atom is 0.316 e. The Morgan fingerprint density at radius 2 is 1.78 bits per heavy atom. The van der Waals surface area contributed by atoms with E-state index in [0.29, 0.717) is 5.69 Å². The summed E-state index contributed by atoms with van der Waals surface area (Å²) in [6, 6.07) is 6.03. The molecule has 0 saturated heterocycles. The quantitative estimate of drug-likeness (QED) is 0.744. The number of primary amides is 1. The molecule has 18 heavy (non-hydrogen) atoms. The SMILES string of the molecule is CC(CS(C)(=O)=O)Nc1ccc(NC(N)=O)cc1. The Hall–Kier alpha value is -1.76. The van der Waals surface area contributed by atoms with E-state index in [9.17, 15) is 13.2 Å². The van der Waals surface area contributed by atoms with Gasteiger partial charge in [0.1, 0.15) is 9.84 Å². The minimum Gasteiger partial charge on any atom is -0.382 e. The van der Waals surface area contributed by atoms with E-state index in [1.54, 1.807) is 31.2 Å². The first kappa shape index (κ1) is 14.3. The molecular weight excluding hydrogens is 254 g/mol. The summed E-state index contributed by atoms with van der Waals surface area (Å²) in [6.45, 7) is 1.79. The molecule has 1 unspecified atom stereocenters. The lowest BCUT2D eigenvalue weighted by atomic mass is 10.2. The van der Waals surface area contributed by atoms with Gasteiger partial charge in [0.25, 0.3) is 0 Å². The third-order valence-electron chi connectivity index (χ3n) is 2.12. The molecule has 0 aliphatic rings. The maximum absolute atomic E-state index is 11.1.